The van der Waals surface area contributed by atoms with Crippen LogP contribution in [0.15, 0.2) is 83.1 Å². The van der Waals surface area contributed by atoms with Gasteiger partial charge in [-0.3, -0.25) is 0 Å². The van der Waals surface area contributed by atoms with Crippen molar-refractivity contribution in [3.63, 3.8) is 0 Å². The highest BCUT2D eigenvalue weighted by atomic mass is 32.2. The van der Waals surface area contributed by atoms with E-state index in [0.717, 1.165) is 42.7 Å². The fraction of sp³-hybridized carbons (Fsp3) is 0.367. The Morgan fingerprint density at radius 1 is 1.08 bits per heavy atom. The number of fused-ring (bicyclic) bond motifs is 3. The lowest BCUT2D eigenvalue weighted by molar-refractivity contribution is 0.114. The van der Waals surface area contributed by atoms with Crippen LogP contribution in [0, 0.1) is 11.8 Å². The van der Waals surface area contributed by atoms with Crippen LogP contribution >= 0.6 is 11.8 Å². The van der Waals surface area contributed by atoms with E-state index in [-0.39, 0.29) is 6.23 Å². The predicted octanol–water partition coefficient (Wildman–Crippen LogP) is 7.68. The molecular formula is C30H34N4OS. The van der Waals surface area contributed by atoms with Gasteiger partial charge in [-0.05, 0) is 57.1 Å². The molecule has 1 N–H and O–H groups in total. The minimum Gasteiger partial charge on any atom is -0.452 e. The van der Waals surface area contributed by atoms with E-state index in [4.69, 9.17) is 9.72 Å². The van der Waals surface area contributed by atoms with Crippen LogP contribution in [0.25, 0.3) is 11.3 Å². The highest BCUT2D eigenvalue weighted by Crippen LogP contribution is 2.41. The van der Waals surface area contributed by atoms with Crippen molar-refractivity contribution in [1.29, 1.82) is 0 Å². The Labute approximate surface area is 218 Å². The molecule has 0 spiro atoms. The molecule has 0 saturated carbocycles. The van der Waals surface area contributed by atoms with E-state index < -0.39 is 0 Å². The molecule has 1 aliphatic carbocycles. The molecule has 1 aliphatic heterocycles. The first kappa shape index (κ1) is 24.6. The Kier molecular flexibility index (Phi) is 7.71. The summed E-state index contributed by atoms with van der Waals surface area (Å²) < 4.78 is 6.61. The van der Waals surface area contributed by atoms with Gasteiger partial charge < -0.3 is 10.1 Å². The summed E-state index contributed by atoms with van der Waals surface area (Å²) in [6.45, 7) is 6.69. The molecule has 0 radical (unpaired) electrons. The summed E-state index contributed by atoms with van der Waals surface area (Å²) >= 11 is 1.58. The summed E-state index contributed by atoms with van der Waals surface area (Å²) in [5, 5.41) is 13.3. The van der Waals surface area contributed by atoms with Gasteiger partial charge in [0.15, 0.2) is 11.9 Å². The van der Waals surface area contributed by atoms with Gasteiger partial charge in [0.05, 0.1) is 0 Å². The lowest BCUT2D eigenvalue weighted by Gasteiger charge is -2.35. The monoisotopic (exact) mass is 498 g/mol. The molecule has 3 aromatic rings. The number of benzene rings is 2. The molecule has 0 bridgehead atoms. The quantitative estimate of drug-likeness (QED) is 0.266. The molecular weight excluding hydrogens is 464 g/mol. The van der Waals surface area contributed by atoms with Gasteiger partial charge in [0.1, 0.15) is 0 Å². The average Bonchev–Trinajstić information content (AvgIpc) is 3.04. The van der Waals surface area contributed by atoms with Crippen LogP contribution in [0.3, 0.4) is 0 Å². The summed E-state index contributed by atoms with van der Waals surface area (Å²) in [6.07, 6.45) is 8.96. The molecule has 1 aromatic heterocycles. The second-order valence-corrected chi connectivity index (χ2v) is 11.0. The number of hydrogen-bond acceptors (Lipinski definition) is 6. The van der Waals surface area contributed by atoms with Crippen molar-refractivity contribution in [2.45, 2.75) is 63.6 Å². The van der Waals surface area contributed by atoms with Crippen molar-refractivity contribution in [2.75, 3.05) is 5.32 Å². The van der Waals surface area contributed by atoms with Gasteiger partial charge >= 0.3 is 0 Å². The van der Waals surface area contributed by atoms with Gasteiger partial charge in [0, 0.05) is 22.9 Å². The Morgan fingerprint density at radius 2 is 1.89 bits per heavy atom. The minimum absolute atomic E-state index is 0.179. The van der Waals surface area contributed by atoms with E-state index in [1.54, 1.807) is 17.3 Å². The van der Waals surface area contributed by atoms with E-state index in [0.29, 0.717) is 28.6 Å². The second kappa shape index (κ2) is 11.3. The zero-order chi connectivity index (χ0) is 24.9. The summed E-state index contributed by atoms with van der Waals surface area (Å²) in [5.74, 6) is 2.20. The molecule has 2 aromatic carbocycles. The molecule has 0 saturated heterocycles. The number of allylic oxidation sites excluding steroid dienone is 4. The first-order valence-electron chi connectivity index (χ1n) is 12.8. The van der Waals surface area contributed by atoms with Gasteiger partial charge in [-0.1, -0.05) is 90.5 Å². The van der Waals surface area contributed by atoms with Crippen LogP contribution < -0.4 is 10.1 Å². The highest BCUT2D eigenvalue weighted by molar-refractivity contribution is 7.98. The average molecular weight is 499 g/mol. The van der Waals surface area contributed by atoms with Crippen LogP contribution in [-0.2, 0) is 5.75 Å². The Balaban J connectivity index is 1.37. The number of hydrogen-bond donors (Lipinski definition) is 1. The largest absolute Gasteiger partial charge is 0.452 e. The van der Waals surface area contributed by atoms with E-state index in [1.165, 1.54) is 11.1 Å². The van der Waals surface area contributed by atoms with Gasteiger partial charge in [0.25, 0.3) is 0 Å². The van der Waals surface area contributed by atoms with Crippen molar-refractivity contribution >= 4 is 17.4 Å². The SMILES string of the molecule is CC(C)=CCCC1=CC[C@H]([C@H]2Nc3ccccc3-c3nnc(SCc4ccccc4)nc3O2)[C@@H](C)C1. The summed E-state index contributed by atoms with van der Waals surface area (Å²) in [4.78, 5) is 4.83. The molecule has 6 heteroatoms. The number of nitrogens with zero attached hydrogens (tertiary/aromatic N) is 3. The van der Waals surface area contributed by atoms with E-state index in [1.807, 2.05) is 18.2 Å². The summed E-state index contributed by atoms with van der Waals surface area (Å²) in [6, 6.07) is 18.6. The third-order valence-electron chi connectivity index (χ3n) is 6.97. The molecule has 36 heavy (non-hydrogen) atoms. The Hall–Kier alpha value is -3.12. The van der Waals surface area contributed by atoms with Crippen molar-refractivity contribution in [1.82, 2.24) is 15.2 Å². The minimum atomic E-state index is -0.179. The lowest BCUT2D eigenvalue weighted by Crippen LogP contribution is -2.39. The molecule has 3 atom stereocenters. The summed E-state index contributed by atoms with van der Waals surface area (Å²) in [7, 11) is 0. The van der Waals surface area contributed by atoms with Crippen LogP contribution in [0.2, 0.25) is 0 Å². The second-order valence-electron chi connectivity index (χ2n) is 10.0. The number of para-hydroxylation sites is 1. The predicted molar refractivity (Wildman–Crippen MR) is 148 cm³/mol. The normalized spacial score (nSPS) is 20.6. The maximum atomic E-state index is 6.61. The number of ether oxygens (including phenoxy) is 1. The molecule has 5 nitrogen and oxygen atoms in total. The first-order chi connectivity index (χ1) is 17.6. The Bertz CT molecular complexity index is 1250. The zero-order valence-corrected chi connectivity index (χ0v) is 22.1. The first-order valence-corrected chi connectivity index (χ1v) is 13.8. The number of anilines is 1. The van der Waals surface area contributed by atoms with Crippen molar-refractivity contribution in [3.05, 3.63) is 83.5 Å². The van der Waals surface area contributed by atoms with Gasteiger partial charge in [-0.2, -0.15) is 4.98 Å². The smallest absolute Gasteiger partial charge is 0.247 e. The van der Waals surface area contributed by atoms with E-state index in [2.05, 4.69) is 84.8 Å². The Morgan fingerprint density at radius 3 is 2.69 bits per heavy atom. The lowest BCUT2D eigenvalue weighted by atomic mass is 9.78. The fourth-order valence-electron chi connectivity index (χ4n) is 5.00. The van der Waals surface area contributed by atoms with Crippen molar-refractivity contribution in [2.24, 2.45) is 11.8 Å². The topological polar surface area (TPSA) is 59.9 Å². The van der Waals surface area contributed by atoms with Crippen molar-refractivity contribution < 1.29 is 4.74 Å². The molecule has 5 rings (SSSR count). The third-order valence-corrected chi connectivity index (χ3v) is 7.87. The van der Waals surface area contributed by atoms with Gasteiger partial charge in [0.2, 0.25) is 11.0 Å². The van der Waals surface area contributed by atoms with E-state index >= 15 is 0 Å². The maximum absolute atomic E-state index is 6.61. The number of nitrogens with one attached hydrogen (secondary N) is 1. The number of rotatable bonds is 7. The van der Waals surface area contributed by atoms with Gasteiger partial charge in [-0.25, -0.2) is 0 Å². The molecule has 0 unspecified atom stereocenters. The van der Waals surface area contributed by atoms with Gasteiger partial charge in [-0.15, -0.1) is 10.2 Å². The number of aromatic nitrogens is 3. The highest BCUT2D eigenvalue weighted by Gasteiger charge is 2.34. The van der Waals surface area contributed by atoms with Crippen molar-refractivity contribution in [3.8, 4) is 17.1 Å². The zero-order valence-electron chi connectivity index (χ0n) is 21.3. The maximum Gasteiger partial charge on any atom is 0.247 e. The van der Waals surface area contributed by atoms with E-state index in [9.17, 15) is 0 Å². The fourth-order valence-corrected chi connectivity index (χ4v) is 5.74. The van der Waals surface area contributed by atoms with Crippen LogP contribution in [-0.4, -0.2) is 21.4 Å². The van der Waals surface area contributed by atoms with Crippen LogP contribution in [0.5, 0.6) is 5.88 Å². The molecule has 0 fully saturated rings. The van der Waals surface area contributed by atoms with Crippen LogP contribution in [0.4, 0.5) is 5.69 Å². The third kappa shape index (κ3) is 5.81. The number of thioether (sulfide) groups is 1. The molecule has 2 aliphatic rings. The standard InChI is InChI=1S/C30H34N4OS/c1-20(2)10-9-13-22-16-17-24(21(3)18-22)28-31-26-15-8-7-14-25(26)27-29(35-28)32-30(34-33-27)36-19-23-11-5-4-6-12-23/h4-8,10-12,14-16,21,24,28,31H,9,13,17-19H2,1-3H3/t21-,24-,28-/m0/s1. The molecule has 0 amide bonds. The molecule has 2 heterocycles. The molecule has 186 valence electrons. The summed E-state index contributed by atoms with van der Waals surface area (Å²) in [5.41, 5.74) is 6.89. The van der Waals surface area contributed by atoms with Crippen LogP contribution in [0.1, 0.15) is 52.0 Å².